The summed E-state index contributed by atoms with van der Waals surface area (Å²) < 4.78 is 0. The zero-order chi connectivity index (χ0) is 7.40. The monoisotopic (exact) mass is 140 g/mol. The molecule has 0 heterocycles. The van der Waals surface area contributed by atoms with Crippen molar-refractivity contribution in [2.45, 2.75) is 39.0 Å². The van der Waals surface area contributed by atoms with Gasteiger partial charge in [-0.1, -0.05) is 26.2 Å². The molecular formula is C9H16O. The second-order valence-corrected chi connectivity index (χ2v) is 3.34. The summed E-state index contributed by atoms with van der Waals surface area (Å²) in [6.45, 7) is 2.22. The minimum Gasteiger partial charge on any atom is -0.303 e. The van der Waals surface area contributed by atoms with Gasteiger partial charge in [0.05, 0.1) is 0 Å². The quantitative estimate of drug-likeness (QED) is 0.538. The van der Waals surface area contributed by atoms with E-state index in [0.717, 1.165) is 25.0 Å². The lowest BCUT2D eigenvalue weighted by Gasteiger charge is -2.24. The van der Waals surface area contributed by atoms with Gasteiger partial charge < -0.3 is 4.79 Å². The van der Waals surface area contributed by atoms with Crippen molar-refractivity contribution in [3.8, 4) is 0 Å². The summed E-state index contributed by atoms with van der Waals surface area (Å²) in [5.41, 5.74) is 0. The lowest BCUT2D eigenvalue weighted by molar-refractivity contribution is -0.112. The zero-order valence-electron chi connectivity index (χ0n) is 6.68. The molecule has 1 fully saturated rings. The molecule has 1 nitrogen and oxygen atoms in total. The fourth-order valence-corrected chi connectivity index (χ4v) is 1.83. The Labute approximate surface area is 62.8 Å². The van der Waals surface area contributed by atoms with Crippen LogP contribution in [0.15, 0.2) is 0 Å². The SMILES string of the molecule is CC[C@@H]1CCC[C@@H](C=O)C1. The Morgan fingerprint density at radius 3 is 2.90 bits per heavy atom. The number of rotatable bonds is 2. The Balaban J connectivity index is 2.31. The molecule has 0 aromatic heterocycles. The van der Waals surface area contributed by atoms with E-state index in [0.29, 0.717) is 5.92 Å². The highest BCUT2D eigenvalue weighted by Gasteiger charge is 2.19. The van der Waals surface area contributed by atoms with E-state index in [9.17, 15) is 4.79 Å². The van der Waals surface area contributed by atoms with Crippen molar-refractivity contribution in [1.29, 1.82) is 0 Å². The predicted octanol–water partition coefficient (Wildman–Crippen LogP) is 2.40. The van der Waals surface area contributed by atoms with Gasteiger partial charge in [-0.15, -0.1) is 0 Å². The summed E-state index contributed by atoms with van der Waals surface area (Å²) in [6, 6.07) is 0. The number of hydrogen-bond donors (Lipinski definition) is 0. The summed E-state index contributed by atoms with van der Waals surface area (Å²) in [7, 11) is 0. The van der Waals surface area contributed by atoms with E-state index in [2.05, 4.69) is 6.92 Å². The number of carbonyl (C=O) groups is 1. The van der Waals surface area contributed by atoms with Crippen LogP contribution in [0, 0.1) is 11.8 Å². The number of carbonyl (C=O) groups excluding carboxylic acids is 1. The van der Waals surface area contributed by atoms with Crippen molar-refractivity contribution < 1.29 is 4.79 Å². The molecule has 0 saturated heterocycles. The van der Waals surface area contributed by atoms with E-state index in [1.165, 1.54) is 19.3 Å². The van der Waals surface area contributed by atoms with Crippen LogP contribution in [0.5, 0.6) is 0 Å². The molecule has 0 spiro atoms. The van der Waals surface area contributed by atoms with E-state index < -0.39 is 0 Å². The van der Waals surface area contributed by atoms with Crippen LogP contribution in [0.25, 0.3) is 0 Å². The van der Waals surface area contributed by atoms with Crippen molar-refractivity contribution >= 4 is 6.29 Å². The van der Waals surface area contributed by atoms with E-state index in [4.69, 9.17) is 0 Å². The summed E-state index contributed by atoms with van der Waals surface area (Å²) in [6.07, 6.45) is 7.30. The maximum atomic E-state index is 10.4. The summed E-state index contributed by atoms with van der Waals surface area (Å²) in [5, 5.41) is 0. The van der Waals surface area contributed by atoms with Crippen molar-refractivity contribution in [2.24, 2.45) is 11.8 Å². The summed E-state index contributed by atoms with van der Waals surface area (Å²) >= 11 is 0. The van der Waals surface area contributed by atoms with Gasteiger partial charge in [0.25, 0.3) is 0 Å². The average molecular weight is 140 g/mol. The van der Waals surface area contributed by atoms with Crippen molar-refractivity contribution in [2.75, 3.05) is 0 Å². The fourth-order valence-electron chi connectivity index (χ4n) is 1.83. The molecule has 1 aliphatic rings. The van der Waals surface area contributed by atoms with Crippen LogP contribution < -0.4 is 0 Å². The minimum absolute atomic E-state index is 0.388. The first-order chi connectivity index (χ1) is 4.86. The molecule has 1 rings (SSSR count). The van der Waals surface area contributed by atoms with Crippen LogP contribution in [-0.4, -0.2) is 6.29 Å². The van der Waals surface area contributed by atoms with Gasteiger partial charge in [0.1, 0.15) is 6.29 Å². The lowest BCUT2D eigenvalue weighted by atomic mass is 9.81. The standard InChI is InChI=1S/C9H16O/c1-2-8-4-3-5-9(6-8)7-10/h7-9H,2-6H2,1H3/t8-,9-/m1/s1. The average Bonchev–Trinajstić information content (AvgIpc) is 2.05. The van der Waals surface area contributed by atoms with Gasteiger partial charge in [0, 0.05) is 5.92 Å². The largest absolute Gasteiger partial charge is 0.303 e. The van der Waals surface area contributed by atoms with Gasteiger partial charge in [0.15, 0.2) is 0 Å². The van der Waals surface area contributed by atoms with Gasteiger partial charge in [-0.2, -0.15) is 0 Å². The van der Waals surface area contributed by atoms with E-state index >= 15 is 0 Å². The molecular weight excluding hydrogens is 124 g/mol. The maximum absolute atomic E-state index is 10.4. The minimum atomic E-state index is 0.388. The first-order valence-corrected chi connectivity index (χ1v) is 4.32. The Bertz CT molecular complexity index is 109. The molecule has 0 aliphatic heterocycles. The van der Waals surface area contributed by atoms with E-state index in [-0.39, 0.29) is 0 Å². The Kier molecular flexibility index (Phi) is 2.91. The predicted molar refractivity (Wildman–Crippen MR) is 41.8 cm³/mol. The highest BCUT2D eigenvalue weighted by Crippen LogP contribution is 2.29. The maximum Gasteiger partial charge on any atom is 0.123 e. The molecule has 0 bridgehead atoms. The van der Waals surface area contributed by atoms with Gasteiger partial charge in [0.2, 0.25) is 0 Å². The second kappa shape index (κ2) is 3.75. The molecule has 58 valence electrons. The van der Waals surface area contributed by atoms with E-state index in [1.807, 2.05) is 0 Å². The van der Waals surface area contributed by atoms with Crippen LogP contribution in [0.3, 0.4) is 0 Å². The molecule has 10 heavy (non-hydrogen) atoms. The smallest absolute Gasteiger partial charge is 0.123 e. The highest BCUT2D eigenvalue weighted by atomic mass is 16.1. The van der Waals surface area contributed by atoms with Crippen LogP contribution >= 0.6 is 0 Å². The molecule has 0 N–H and O–H groups in total. The highest BCUT2D eigenvalue weighted by molar-refractivity contribution is 5.53. The van der Waals surface area contributed by atoms with Crippen LogP contribution in [0.1, 0.15) is 39.0 Å². The molecule has 1 aliphatic carbocycles. The molecule has 1 saturated carbocycles. The zero-order valence-corrected chi connectivity index (χ0v) is 6.68. The summed E-state index contributed by atoms with van der Waals surface area (Å²) in [5.74, 6) is 1.22. The lowest BCUT2D eigenvalue weighted by Crippen LogP contribution is -2.15. The molecule has 0 unspecified atom stereocenters. The van der Waals surface area contributed by atoms with Gasteiger partial charge in [-0.05, 0) is 18.8 Å². The third-order valence-corrected chi connectivity index (χ3v) is 2.59. The van der Waals surface area contributed by atoms with Crippen LogP contribution in [0.2, 0.25) is 0 Å². The van der Waals surface area contributed by atoms with Crippen LogP contribution in [-0.2, 0) is 4.79 Å². The first-order valence-electron chi connectivity index (χ1n) is 4.32. The summed E-state index contributed by atoms with van der Waals surface area (Å²) in [4.78, 5) is 10.4. The molecule has 1 heteroatoms. The third-order valence-electron chi connectivity index (χ3n) is 2.59. The Morgan fingerprint density at radius 2 is 2.30 bits per heavy atom. The van der Waals surface area contributed by atoms with Gasteiger partial charge >= 0.3 is 0 Å². The number of hydrogen-bond acceptors (Lipinski definition) is 1. The van der Waals surface area contributed by atoms with Crippen molar-refractivity contribution in [1.82, 2.24) is 0 Å². The first kappa shape index (κ1) is 7.77. The molecule has 0 aromatic rings. The second-order valence-electron chi connectivity index (χ2n) is 3.34. The van der Waals surface area contributed by atoms with Crippen molar-refractivity contribution in [3.05, 3.63) is 0 Å². The van der Waals surface area contributed by atoms with Crippen LogP contribution in [0.4, 0.5) is 0 Å². The van der Waals surface area contributed by atoms with Crippen molar-refractivity contribution in [3.63, 3.8) is 0 Å². The fraction of sp³-hybridized carbons (Fsp3) is 0.889. The normalized spacial score (nSPS) is 33.7. The van der Waals surface area contributed by atoms with Gasteiger partial charge in [-0.25, -0.2) is 0 Å². The van der Waals surface area contributed by atoms with E-state index in [1.54, 1.807) is 0 Å². The van der Waals surface area contributed by atoms with Gasteiger partial charge in [-0.3, -0.25) is 0 Å². The Morgan fingerprint density at radius 1 is 1.50 bits per heavy atom. The molecule has 0 radical (unpaired) electrons. The number of aldehydes is 1. The molecule has 0 amide bonds. The Hall–Kier alpha value is -0.330. The third kappa shape index (κ3) is 1.83. The topological polar surface area (TPSA) is 17.1 Å². The molecule has 0 aromatic carbocycles. The molecule has 2 atom stereocenters.